The molecule has 150 valence electrons. The van der Waals surface area contributed by atoms with Crippen LogP contribution in [0.5, 0.6) is 5.88 Å². The minimum absolute atomic E-state index is 0.0415. The number of nitrogens with zero attached hydrogens (tertiary/aromatic N) is 2. The zero-order chi connectivity index (χ0) is 20.2. The van der Waals surface area contributed by atoms with Gasteiger partial charge in [0.05, 0.1) is 12.6 Å². The van der Waals surface area contributed by atoms with E-state index in [2.05, 4.69) is 28.3 Å². The molecule has 29 heavy (non-hydrogen) atoms. The topological polar surface area (TPSA) is 54.5 Å². The first kappa shape index (κ1) is 19.4. The van der Waals surface area contributed by atoms with Crippen LogP contribution in [0.4, 0.5) is 0 Å². The Bertz CT molecular complexity index is 1020. The Morgan fingerprint density at radius 1 is 1.21 bits per heavy atom. The van der Waals surface area contributed by atoms with Gasteiger partial charge < -0.3 is 15.0 Å². The van der Waals surface area contributed by atoms with E-state index >= 15 is 0 Å². The van der Waals surface area contributed by atoms with Gasteiger partial charge in [-0.2, -0.15) is 0 Å². The number of benzene rings is 2. The highest BCUT2D eigenvalue weighted by Crippen LogP contribution is 2.32. The Balaban J connectivity index is 1.52. The lowest BCUT2D eigenvalue weighted by atomic mass is 10.0. The molecule has 0 aliphatic carbocycles. The van der Waals surface area contributed by atoms with Crippen molar-refractivity contribution in [3.05, 3.63) is 60.2 Å². The Morgan fingerprint density at radius 2 is 2.07 bits per heavy atom. The summed E-state index contributed by atoms with van der Waals surface area (Å²) in [5.74, 6) is 0.519. The van der Waals surface area contributed by atoms with Gasteiger partial charge >= 0.3 is 0 Å². The second-order valence-corrected chi connectivity index (χ2v) is 7.64. The van der Waals surface area contributed by atoms with Crippen molar-refractivity contribution in [2.75, 3.05) is 27.2 Å². The second kappa shape index (κ2) is 8.62. The van der Waals surface area contributed by atoms with Gasteiger partial charge in [0.15, 0.2) is 0 Å². The summed E-state index contributed by atoms with van der Waals surface area (Å²) in [7, 11) is 3.78. The zero-order valence-corrected chi connectivity index (χ0v) is 17.0. The normalized spacial score (nSPS) is 16.8. The van der Waals surface area contributed by atoms with E-state index in [0.29, 0.717) is 24.0 Å². The van der Waals surface area contributed by atoms with Gasteiger partial charge in [-0.05, 0) is 62.7 Å². The number of para-hydroxylation sites is 1. The number of fused-ring (bicyclic) bond motifs is 1. The molecule has 4 rings (SSSR count). The first-order valence-electron chi connectivity index (χ1n) is 10.2. The van der Waals surface area contributed by atoms with E-state index in [0.717, 1.165) is 35.0 Å². The predicted molar refractivity (Wildman–Crippen MR) is 116 cm³/mol. The van der Waals surface area contributed by atoms with Crippen LogP contribution >= 0.6 is 0 Å². The highest BCUT2D eigenvalue weighted by Gasteiger charge is 2.20. The van der Waals surface area contributed by atoms with Crippen molar-refractivity contribution >= 4 is 16.8 Å². The van der Waals surface area contributed by atoms with Crippen LogP contribution in [0.3, 0.4) is 0 Å². The summed E-state index contributed by atoms with van der Waals surface area (Å²) in [6.45, 7) is 1.85. The maximum absolute atomic E-state index is 12.7. The smallest absolute Gasteiger partial charge is 0.251 e. The summed E-state index contributed by atoms with van der Waals surface area (Å²) in [6.07, 6.45) is 3.46. The highest BCUT2D eigenvalue weighted by atomic mass is 16.5. The van der Waals surface area contributed by atoms with Crippen molar-refractivity contribution in [1.29, 1.82) is 0 Å². The van der Waals surface area contributed by atoms with Gasteiger partial charge in [0.1, 0.15) is 0 Å². The summed E-state index contributed by atoms with van der Waals surface area (Å²) >= 11 is 0. The fraction of sp³-hybridized carbons (Fsp3) is 0.333. The number of amides is 1. The van der Waals surface area contributed by atoms with Gasteiger partial charge in [0.2, 0.25) is 5.88 Å². The minimum Gasteiger partial charge on any atom is -0.481 e. The maximum atomic E-state index is 12.7. The van der Waals surface area contributed by atoms with E-state index in [-0.39, 0.29) is 5.91 Å². The third-order valence-corrected chi connectivity index (χ3v) is 5.75. The molecule has 0 radical (unpaired) electrons. The van der Waals surface area contributed by atoms with Crippen LogP contribution in [0.25, 0.3) is 22.0 Å². The molecule has 0 spiro atoms. The summed E-state index contributed by atoms with van der Waals surface area (Å²) in [4.78, 5) is 19.7. The third kappa shape index (κ3) is 4.25. The summed E-state index contributed by atoms with van der Waals surface area (Å²) in [5.41, 5.74) is 3.34. The first-order valence-corrected chi connectivity index (χ1v) is 10.2. The van der Waals surface area contributed by atoms with Crippen molar-refractivity contribution in [3.63, 3.8) is 0 Å². The maximum Gasteiger partial charge on any atom is 0.251 e. The number of aromatic nitrogens is 1. The standard InChI is InChI=1S/C24H27N3O2/c1-27-14-6-10-20(27)12-13-25-23(28)19-9-5-8-17(15-19)21-16-18-7-3-4-11-22(18)26-24(21)29-2/h3-5,7-9,11,15-16,20H,6,10,12-14H2,1-2H3,(H,25,28)/t20-/m1/s1. The lowest BCUT2D eigenvalue weighted by molar-refractivity contribution is 0.0950. The van der Waals surface area contributed by atoms with Gasteiger partial charge in [0.25, 0.3) is 5.91 Å². The quantitative estimate of drug-likeness (QED) is 0.689. The Labute approximate surface area is 171 Å². The number of ether oxygens (including phenoxy) is 1. The monoisotopic (exact) mass is 389 g/mol. The van der Waals surface area contributed by atoms with Crippen LogP contribution in [0, 0.1) is 0 Å². The van der Waals surface area contributed by atoms with Crippen molar-refractivity contribution in [1.82, 2.24) is 15.2 Å². The lowest BCUT2D eigenvalue weighted by Gasteiger charge is -2.19. The van der Waals surface area contributed by atoms with Crippen LogP contribution in [-0.2, 0) is 0 Å². The number of methoxy groups -OCH3 is 1. The Morgan fingerprint density at radius 3 is 2.86 bits per heavy atom. The van der Waals surface area contributed by atoms with E-state index in [1.807, 2.05) is 48.5 Å². The molecule has 1 aromatic heterocycles. The van der Waals surface area contributed by atoms with Gasteiger partial charge in [-0.3, -0.25) is 4.79 Å². The molecule has 1 saturated heterocycles. The Kier molecular flexibility index (Phi) is 5.76. The molecule has 0 bridgehead atoms. The molecule has 0 saturated carbocycles. The number of nitrogens with one attached hydrogen (secondary N) is 1. The minimum atomic E-state index is -0.0415. The molecule has 5 heteroatoms. The second-order valence-electron chi connectivity index (χ2n) is 7.64. The third-order valence-electron chi connectivity index (χ3n) is 5.75. The molecule has 1 fully saturated rings. The summed E-state index contributed by atoms with van der Waals surface area (Å²) in [5, 5.41) is 4.11. The van der Waals surface area contributed by atoms with E-state index in [1.54, 1.807) is 7.11 Å². The van der Waals surface area contributed by atoms with Crippen LogP contribution in [-0.4, -0.2) is 49.1 Å². The number of likely N-dealkylation sites (tertiary alicyclic amines) is 1. The van der Waals surface area contributed by atoms with Gasteiger partial charge in [0, 0.05) is 29.1 Å². The molecular formula is C24H27N3O2. The molecule has 2 heterocycles. The van der Waals surface area contributed by atoms with Crippen LogP contribution in [0.15, 0.2) is 54.6 Å². The first-order chi connectivity index (χ1) is 14.2. The molecule has 1 amide bonds. The zero-order valence-electron chi connectivity index (χ0n) is 17.0. The molecule has 5 nitrogen and oxygen atoms in total. The number of rotatable bonds is 6. The Hall–Kier alpha value is -2.92. The van der Waals surface area contributed by atoms with E-state index < -0.39 is 0 Å². The van der Waals surface area contributed by atoms with E-state index in [9.17, 15) is 4.79 Å². The predicted octanol–water partition coefficient (Wildman–Crippen LogP) is 4.12. The summed E-state index contributed by atoms with van der Waals surface area (Å²) < 4.78 is 5.52. The lowest BCUT2D eigenvalue weighted by Crippen LogP contribution is -2.31. The fourth-order valence-corrected chi connectivity index (χ4v) is 4.09. The molecule has 1 aliphatic heterocycles. The molecule has 2 aromatic carbocycles. The number of hydrogen-bond acceptors (Lipinski definition) is 4. The summed E-state index contributed by atoms with van der Waals surface area (Å²) in [6, 6.07) is 18.2. The average Bonchev–Trinajstić information content (AvgIpc) is 3.17. The van der Waals surface area contributed by atoms with Crippen LogP contribution < -0.4 is 10.1 Å². The SMILES string of the molecule is COc1nc2ccccc2cc1-c1cccc(C(=O)NCC[C@H]2CCCN2C)c1. The number of pyridine rings is 1. The molecule has 1 N–H and O–H groups in total. The van der Waals surface area contributed by atoms with E-state index in [1.165, 1.54) is 12.8 Å². The number of hydrogen-bond donors (Lipinski definition) is 1. The molecule has 1 aliphatic rings. The van der Waals surface area contributed by atoms with E-state index in [4.69, 9.17) is 4.74 Å². The van der Waals surface area contributed by atoms with Crippen molar-refractivity contribution in [2.45, 2.75) is 25.3 Å². The van der Waals surface area contributed by atoms with Gasteiger partial charge in [-0.15, -0.1) is 0 Å². The van der Waals surface area contributed by atoms with Crippen molar-refractivity contribution in [2.24, 2.45) is 0 Å². The molecule has 3 aromatic rings. The molecule has 1 atom stereocenters. The van der Waals surface area contributed by atoms with Crippen molar-refractivity contribution in [3.8, 4) is 17.0 Å². The van der Waals surface area contributed by atoms with Gasteiger partial charge in [-0.25, -0.2) is 4.98 Å². The number of carbonyl (C=O) groups is 1. The largest absolute Gasteiger partial charge is 0.481 e. The molecule has 0 unspecified atom stereocenters. The highest BCUT2D eigenvalue weighted by molar-refractivity contribution is 5.96. The number of carbonyl (C=O) groups excluding carboxylic acids is 1. The fourth-order valence-electron chi connectivity index (χ4n) is 4.09. The van der Waals surface area contributed by atoms with Crippen LogP contribution in [0.1, 0.15) is 29.6 Å². The van der Waals surface area contributed by atoms with Crippen molar-refractivity contribution < 1.29 is 9.53 Å². The molecular weight excluding hydrogens is 362 g/mol. The van der Waals surface area contributed by atoms with Crippen LogP contribution in [0.2, 0.25) is 0 Å². The average molecular weight is 389 g/mol. The van der Waals surface area contributed by atoms with Gasteiger partial charge in [-0.1, -0.05) is 30.3 Å².